The lowest BCUT2D eigenvalue weighted by molar-refractivity contribution is -0.242. The van der Waals surface area contributed by atoms with Crippen molar-refractivity contribution < 1.29 is 14.6 Å². The van der Waals surface area contributed by atoms with Gasteiger partial charge in [0.2, 0.25) is 0 Å². The normalized spacial score (nSPS) is 57.5. The Morgan fingerprint density at radius 1 is 1.35 bits per heavy atom. The van der Waals surface area contributed by atoms with Crippen LogP contribution < -0.4 is 0 Å². The Morgan fingerprint density at radius 2 is 2.06 bits per heavy atom. The van der Waals surface area contributed by atoms with Gasteiger partial charge < -0.3 is 9.84 Å². The minimum absolute atomic E-state index is 0.0112. The molecule has 1 aliphatic heterocycles. The van der Waals surface area contributed by atoms with E-state index in [2.05, 4.69) is 20.8 Å². The second kappa shape index (κ2) is 3.47. The van der Waals surface area contributed by atoms with Gasteiger partial charge in [-0.25, -0.2) is 0 Å². The second-order valence-corrected chi connectivity index (χ2v) is 6.61. The highest BCUT2D eigenvalue weighted by atomic mass is 16.5. The number of aliphatic hydroxyl groups excluding tert-OH is 1. The predicted octanol–water partition coefficient (Wildman–Crippen LogP) is 1.98. The van der Waals surface area contributed by atoms with Crippen LogP contribution in [0.25, 0.3) is 0 Å². The van der Waals surface area contributed by atoms with E-state index in [0.29, 0.717) is 5.92 Å². The first kappa shape index (κ1) is 11.5. The van der Waals surface area contributed by atoms with E-state index in [1.807, 2.05) is 0 Å². The predicted molar refractivity (Wildman–Crippen MR) is 63.2 cm³/mol. The summed E-state index contributed by atoms with van der Waals surface area (Å²) in [5.74, 6) is 0.768. The first-order valence-corrected chi connectivity index (χ1v) is 6.84. The molecule has 0 amide bonds. The van der Waals surface area contributed by atoms with Crippen molar-refractivity contribution in [1.29, 1.82) is 0 Å². The number of ether oxygens (including phenoxy) is 1. The van der Waals surface area contributed by atoms with Crippen LogP contribution in [0.4, 0.5) is 0 Å². The third-order valence-corrected chi connectivity index (χ3v) is 5.92. The highest BCUT2D eigenvalue weighted by Gasteiger charge is 2.63. The van der Waals surface area contributed by atoms with E-state index in [0.717, 1.165) is 19.3 Å². The lowest BCUT2D eigenvalue weighted by Gasteiger charge is -2.61. The van der Waals surface area contributed by atoms with Crippen LogP contribution in [0.5, 0.6) is 0 Å². The van der Waals surface area contributed by atoms with E-state index in [1.54, 1.807) is 0 Å². The number of hydrogen-bond acceptors (Lipinski definition) is 3. The lowest BCUT2D eigenvalue weighted by atomic mass is 9.48. The number of rotatable bonds is 0. The van der Waals surface area contributed by atoms with Crippen molar-refractivity contribution in [3.8, 4) is 0 Å². The molecule has 1 N–H and O–H groups in total. The molecule has 3 heteroatoms. The quantitative estimate of drug-likeness (QED) is 0.656. The third-order valence-electron chi connectivity index (χ3n) is 5.92. The van der Waals surface area contributed by atoms with Crippen LogP contribution >= 0.6 is 0 Å². The van der Waals surface area contributed by atoms with Crippen molar-refractivity contribution in [3.05, 3.63) is 0 Å². The summed E-state index contributed by atoms with van der Waals surface area (Å²) in [5, 5.41) is 10.5. The molecular formula is C14H22O3. The fraction of sp³-hybridized carbons (Fsp3) is 0.929. The summed E-state index contributed by atoms with van der Waals surface area (Å²) in [6.07, 6.45) is 2.47. The molecule has 1 heterocycles. The maximum atomic E-state index is 12.0. The van der Waals surface area contributed by atoms with Crippen molar-refractivity contribution in [3.63, 3.8) is 0 Å². The molecule has 0 aromatic carbocycles. The molecule has 3 nitrogen and oxygen atoms in total. The highest BCUT2D eigenvalue weighted by molar-refractivity contribution is 5.75. The molecule has 7 atom stereocenters. The fourth-order valence-electron chi connectivity index (χ4n) is 4.57. The van der Waals surface area contributed by atoms with Crippen molar-refractivity contribution >= 4 is 5.97 Å². The SMILES string of the molecule is C[C@@H]1C[C@H]2OC(=O)[C@@H]3CC[C@H](C)[C@@]2(C)[C@@H]3[C@@H]1O. The Labute approximate surface area is 103 Å². The largest absolute Gasteiger partial charge is 0.462 e. The van der Waals surface area contributed by atoms with Gasteiger partial charge in [-0.2, -0.15) is 0 Å². The molecule has 17 heavy (non-hydrogen) atoms. The van der Waals surface area contributed by atoms with Crippen LogP contribution in [0.15, 0.2) is 0 Å². The fourth-order valence-corrected chi connectivity index (χ4v) is 4.57. The van der Waals surface area contributed by atoms with Gasteiger partial charge in [-0.3, -0.25) is 4.79 Å². The zero-order valence-corrected chi connectivity index (χ0v) is 10.8. The molecule has 0 unspecified atom stereocenters. The molecule has 0 radical (unpaired) electrons. The van der Waals surface area contributed by atoms with Crippen LogP contribution in [0.2, 0.25) is 0 Å². The molecule has 3 fully saturated rings. The van der Waals surface area contributed by atoms with Gasteiger partial charge in [0.05, 0.1) is 12.0 Å². The number of esters is 1. The van der Waals surface area contributed by atoms with Gasteiger partial charge in [0.1, 0.15) is 6.10 Å². The minimum atomic E-state index is -0.336. The van der Waals surface area contributed by atoms with E-state index < -0.39 is 0 Å². The highest BCUT2D eigenvalue weighted by Crippen LogP contribution is 2.60. The van der Waals surface area contributed by atoms with Crippen LogP contribution in [0, 0.1) is 29.1 Å². The summed E-state index contributed by atoms with van der Waals surface area (Å²) in [4.78, 5) is 12.0. The van der Waals surface area contributed by atoms with E-state index in [4.69, 9.17) is 4.74 Å². The van der Waals surface area contributed by atoms with E-state index in [9.17, 15) is 9.90 Å². The zero-order chi connectivity index (χ0) is 12.4. The maximum absolute atomic E-state index is 12.0. The Balaban J connectivity index is 2.07. The Morgan fingerprint density at radius 3 is 2.76 bits per heavy atom. The van der Waals surface area contributed by atoms with Crippen molar-refractivity contribution in [2.45, 2.75) is 52.2 Å². The average Bonchev–Trinajstić information content (AvgIpc) is 2.27. The van der Waals surface area contributed by atoms with Crippen molar-refractivity contribution in [2.24, 2.45) is 29.1 Å². The molecule has 4 bridgehead atoms. The first-order chi connectivity index (χ1) is 7.96. The monoisotopic (exact) mass is 238 g/mol. The summed E-state index contributed by atoms with van der Waals surface area (Å²) >= 11 is 0. The number of aliphatic hydroxyl groups is 1. The standard InChI is InChI=1S/C14H22O3/c1-7-6-10-14(3)8(2)4-5-9(13(16)17-10)11(14)12(7)15/h7-12,15H,4-6H2,1-3H3/t7-,8+,9-,10-,11+,12-,14-/m1/s1. The molecule has 96 valence electrons. The van der Waals surface area contributed by atoms with E-state index >= 15 is 0 Å². The first-order valence-electron chi connectivity index (χ1n) is 6.84. The van der Waals surface area contributed by atoms with Crippen molar-refractivity contribution in [1.82, 2.24) is 0 Å². The maximum Gasteiger partial charge on any atom is 0.309 e. The Kier molecular flexibility index (Phi) is 2.35. The van der Waals surface area contributed by atoms with Crippen LogP contribution in [0.1, 0.15) is 40.0 Å². The van der Waals surface area contributed by atoms with E-state index in [-0.39, 0.29) is 41.3 Å². The molecule has 3 aliphatic rings. The van der Waals surface area contributed by atoms with Crippen molar-refractivity contribution in [2.75, 3.05) is 0 Å². The summed E-state index contributed by atoms with van der Waals surface area (Å²) in [6, 6.07) is 0. The molecule has 0 aromatic rings. The van der Waals surface area contributed by atoms with Gasteiger partial charge in [-0.1, -0.05) is 20.8 Å². The summed E-state index contributed by atoms with van der Waals surface area (Å²) in [6.45, 7) is 6.55. The Bertz CT molecular complexity index is 353. The third kappa shape index (κ3) is 1.29. The second-order valence-electron chi connectivity index (χ2n) is 6.61. The van der Waals surface area contributed by atoms with Gasteiger partial charge in [-0.05, 0) is 31.1 Å². The summed E-state index contributed by atoms with van der Waals surface area (Å²) in [7, 11) is 0. The number of carbonyl (C=O) groups excluding carboxylic acids is 1. The van der Waals surface area contributed by atoms with Gasteiger partial charge in [0, 0.05) is 11.3 Å². The lowest BCUT2D eigenvalue weighted by Crippen LogP contribution is -2.65. The van der Waals surface area contributed by atoms with Crippen LogP contribution in [0.3, 0.4) is 0 Å². The number of hydrogen-bond donors (Lipinski definition) is 1. The topological polar surface area (TPSA) is 46.5 Å². The summed E-state index contributed by atoms with van der Waals surface area (Å²) < 4.78 is 5.67. The van der Waals surface area contributed by atoms with Crippen LogP contribution in [-0.4, -0.2) is 23.3 Å². The molecule has 2 saturated carbocycles. The minimum Gasteiger partial charge on any atom is -0.462 e. The molecular weight excluding hydrogens is 216 g/mol. The van der Waals surface area contributed by atoms with Gasteiger partial charge in [-0.15, -0.1) is 0 Å². The molecule has 1 saturated heterocycles. The number of carbonyl (C=O) groups is 1. The molecule has 0 spiro atoms. The average molecular weight is 238 g/mol. The van der Waals surface area contributed by atoms with E-state index in [1.165, 1.54) is 0 Å². The Hall–Kier alpha value is -0.570. The smallest absolute Gasteiger partial charge is 0.309 e. The molecule has 0 aromatic heterocycles. The molecule has 3 rings (SSSR count). The van der Waals surface area contributed by atoms with Gasteiger partial charge in [0.25, 0.3) is 0 Å². The van der Waals surface area contributed by atoms with Gasteiger partial charge >= 0.3 is 5.97 Å². The molecule has 2 aliphatic carbocycles. The zero-order valence-electron chi connectivity index (χ0n) is 10.8. The van der Waals surface area contributed by atoms with Gasteiger partial charge in [0.15, 0.2) is 0 Å². The summed E-state index contributed by atoms with van der Waals surface area (Å²) in [5.41, 5.74) is -0.0112. The van der Waals surface area contributed by atoms with Crippen LogP contribution in [-0.2, 0) is 9.53 Å².